The zero-order valence-corrected chi connectivity index (χ0v) is 17.3. The van der Waals surface area contributed by atoms with Crippen molar-refractivity contribution in [1.29, 1.82) is 0 Å². The molecule has 30 heavy (non-hydrogen) atoms. The summed E-state index contributed by atoms with van der Waals surface area (Å²) in [5.74, 6) is 0. The van der Waals surface area contributed by atoms with Crippen molar-refractivity contribution in [3.8, 4) is 11.1 Å². The van der Waals surface area contributed by atoms with E-state index < -0.39 is 7.32 Å². The molecule has 0 bridgehead atoms. The average molecular weight is 400 g/mol. The molecule has 4 aromatic carbocycles. The van der Waals surface area contributed by atoms with E-state index in [1.54, 1.807) is 0 Å². The van der Waals surface area contributed by atoms with Gasteiger partial charge in [-0.3, -0.25) is 0 Å². The Morgan fingerprint density at radius 3 is 1.90 bits per heavy atom. The molecule has 0 saturated carbocycles. The number of aryl methyl sites for hydroxylation is 1. The lowest BCUT2D eigenvalue weighted by Crippen LogP contribution is -2.21. The summed E-state index contributed by atoms with van der Waals surface area (Å²) in [6, 6.07) is 18.8. The van der Waals surface area contributed by atoms with Crippen molar-refractivity contribution in [1.82, 2.24) is 0 Å². The average Bonchev–Trinajstić information content (AvgIpc) is 2.79. The van der Waals surface area contributed by atoms with Crippen LogP contribution in [0.5, 0.6) is 0 Å². The normalized spacial score (nSPS) is 11.7. The fraction of sp³-hybridized carbons (Fsp3) is 0.167. The molecule has 0 fully saturated rings. The van der Waals surface area contributed by atoms with Crippen LogP contribution in [0.3, 0.4) is 0 Å². The molecule has 0 radical (unpaired) electrons. The monoisotopic (exact) mass is 400 g/mol. The predicted molar refractivity (Wildman–Crippen MR) is 120 cm³/mol. The minimum atomic E-state index is -0.514. The number of rotatable bonds is 3. The third-order valence-corrected chi connectivity index (χ3v) is 5.53. The van der Waals surface area contributed by atoms with E-state index in [9.17, 15) is 0 Å². The molecule has 0 aliphatic carbocycles. The SMILES string of the molecule is COB(OC)OC.Cc1ccc2ccc3oc4cccc5ccc6oc1c2c3-c6c54. The molecule has 5 nitrogen and oxygen atoms in total. The van der Waals surface area contributed by atoms with Gasteiger partial charge in [-0.2, -0.15) is 0 Å². The van der Waals surface area contributed by atoms with Gasteiger partial charge in [0.2, 0.25) is 0 Å². The highest BCUT2D eigenvalue weighted by atomic mass is 16.7. The van der Waals surface area contributed by atoms with Crippen molar-refractivity contribution in [3.05, 3.63) is 60.2 Å². The lowest BCUT2D eigenvalue weighted by molar-refractivity contribution is 0.163. The Bertz CT molecular complexity index is 1420. The van der Waals surface area contributed by atoms with Crippen LogP contribution >= 0.6 is 0 Å². The molecule has 0 amide bonds. The van der Waals surface area contributed by atoms with Crippen LogP contribution in [0.4, 0.5) is 0 Å². The van der Waals surface area contributed by atoms with Gasteiger partial charge in [-0.05, 0) is 41.5 Å². The quantitative estimate of drug-likeness (QED) is 0.200. The number of hydrogen-bond donors (Lipinski definition) is 0. The molecule has 0 spiro atoms. The van der Waals surface area contributed by atoms with Crippen LogP contribution in [0.1, 0.15) is 5.56 Å². The number of hydrogen-bond acceptors (Lipinski definition) is 5. The highest BCUT2D eigenvalue weighted by molar-refractivity contribution is 6.36. The van der Waals surface area contributed by atoms with Gasteiger partial charge < -0.3 is 22.8 Å². The van der Waals surface area contributed by atoms with Crippen LogP contribution in [0, 0.1) is 6.92 Å². The van der Waals surface area contributed by atoms with Crippen LogP contribution in [0.15, 0.2) is 63.4 Å². The first-order valence-corrected chi connectivity index (χ1v) is 9.72. The maximum Gasteiger partial charge on any atom is 0.638 e. The summed E-state index contributed by atoms with van der Waals surface area (Å²) >= 11 is 0. The summed E-state index contributed by atoms with van der Waals surface area (Å²) in [6.45, 7) is 2.09. The molecule has 150 valence electrons. The van der Waals surface area contributed by atoms with E-state index in [-0.39, 0.29) is 0 Å². The van der Waals surface area contributed by atoms with Gasteiger partial charge in [0.25, 0.3) is 0 Å². The van der Waals surface area contributed by atoms with Crippen molar-refractivity contribution in [2.75, 3.05) is 21.3 Å². The minimum Gasteiger partial charge on any atom is -0.456 e. The highest BCUT2D eigenvalue weighted by Gasteiger charge is 2.24. The Labute approximate surface area is 173 Å². The second-order valence-corrected chi connectivity index (χ2v) is 7.24. The Hall–Kier alpha value is -3.06. The molecular formula is C24H21BO5. The van der Waals surface area contributed by atoms with Crippen molar-refractivity contribution in [2.24, 2.45) is 0 Å². The van der Waals surface area contributed by atoms with Gasteiger partial charge in [0.05, 0.1) is 0 Å². The third kappa shape index (κ3) is 2.76. The molecule has 0 atom stereocenters. The van der Waals surface area contributed by atoms with Gasteiger partial charge in [0.15, 0.2) is 0 Å². The molecule has 2 aliphatic heterocycles. The zero-order valence-electron chi connectivity index (χ0n) is 17.3. The first-order valence-electron chi connectivity index (χ1n) is 9.72. The second kappa shape index (κ2) is 7.33. The molecule has 6 rings (SSSR count). The van der Waals surface area contributed by atoms with E-state index >= 15 is 0 Å². The van der Waals surface area contributed by atoms with Crippen molar-refractivity contribution < 1.29 is 22.8 Å². The molecule has 4 aromatic rings. The van der Waals surface area contributed by atoms with E-state index in [1.807, 2.05) is 12.1 Å². The van der Waals surface area contributed by atoms with Crippen molar-refractivity contribution in [3.63, 3.8) is 0 Å². The van der Waals surface area contributed by atoms with Crippen molar-refractivity contribution >= 4 is 51.2 Å². The van der Waals surface area contributed by atoms with Gasteiger partial charge in [0, 0.05) is 43.2 Å². The number of benzene rings is 4. The summed E-state index contributed by atoms with van der Waals surface area (Å²) in [5.41, 5.74) is 7.19. The fourth-order valence-corrected chi connectivity index (χ4v) is 4.20. The second-order valence-electron chi connectivity index (χ2n) is 7.24. The maximum absolute atomic E-state index is 6.32. The van der Waals surface area contributed by atoms with E-state index in [4.69, 9.17) is 8.83 Å². The Morgan fingerprint density at radius 1 is 0.633 bits per heavy atom. The Morgan fingerprint density at radius 2 is 1.23 bits per heavy atom. The first-order chi connectivity index (χ1) is 14.7. The molecule has 0 aromatic heterocycles. The van der Waals surface area contributed by atoms with Crippen molar-refractivity contribution in [2.45, 2.75) is 6.92 Å². The summed E-state index contributed by atoms with van der Waals surface area (Å²) in [7, 11) is 4.02. The molecule has 2 aliphatic rings. The molecule has 0 unspecified atom stereocenters. The van der Waals surface area contributed by atoms with Crippen LogP contribution < -0.4 is 0 Å². The van der Waals surface area contributed by atoms with Gasteiger partial charge in [-0.25, -0.2) is 0 Å². The Balaban J connectivity index is 0.000000241. The topological polar surface area (TPSA) is 54.0 Å². The third-order valence-electron chi connectivity index (χ3n) is 5.53. The van der Waals surface area contributed by atoms with Crippen LogP contribution in [-0.4, -0.2) is 28.7 Å². The van der Waals surface area contributed by atoms with Gasteiger partial charge in [0.1, 0.15) is 22.3 Å². The zero-order chi connectivity index (χ0) is 20.8. The summed E-state index contributed by atoms with van der Waals surface area (Å²) < 4.78 is 26.4. The van der Waals surface area contributed by atoms with Gasteiger partial charge >= 0.3 is 7.32 Å². The molecule has 2 heterocycles. The summed E-state index contributed by atoms with van der Waals surface area (Å²) in [4.78, 5) is 0. The molecule has 0 saturated heterocycles. The molecule has 0 N–H and O–H groups in total. The highest BCUT2D eigenvalue weighted by Crippen LogP contribution is 2.48. The van der Waals surface area contributed by atoms with E-state index in [1.165, 1.54) is 43.2 Å². The maximum atomic E-state index is 6.32. The first kappa shape index (κ1) is 18.9. The molecular weight excluding hydrogens is 379 g/mol. The lowest BCUT2D eigenvalue weighted by atomic mass is 9.89. The van der Waals surface area contributed by atoms with Crippen LogP contribution in [0.25, 0.3) is 55.0 Å². The van der Waals surface area contributed by atoms with E-state index in [0.717, 1.165) is 38.7 Å². The fourth-order valence-electron chi connectivity index (χ4n) is 4.20. The predicted octanol–water partition coefficient (Wildman–Crippen LogP) is 6.25. The molecule has 6 heteroatoms. The van der Waals surface area contributed by atoms with Gasteiger partial charge in [-0.15, -0.1) is 0 Å². The summed E-state index contributed by atoms with van der Waals surface area (Å²) in [6.07, 6.45) is 0. The smallest absolute Gasteiger partial charge is 0.456 e. The standard InChI is InChI=1S/C21H12O2.C3H9BO3/c1-11-5-6-13-8-9-15-20-18(13)21(11)23-16-10-7-12-3-2-4-14(22-15)17(12)19(16)20;1-5-4(6-2)7-3/h2-10H,1H3;1-3H3. The summed E-state index contributed by atoms with van der Waals surface area (Å²) in [5, 5.41) is 4.69. The minimum absolute atomic E-state index is 0.514. The largest absolute Gasteiger partial charge is 0.638 e. The Kier molecular flexibility index (Phi) is 4.63. The van der Waals surface area contributed by atoms with E-state index in [2.05, 4.69) is 63.4 Å². The van der Waals surface area contributed by atoms with Crippen LogP contribution in [0.2, 0.25) is 0 Å². The van der Waals surface area contributed by atoms with E-state index in [0.29, 0.717) is 0 Å². The van der Waals surface area contributed by atoms with Crippen LogP contribution in [-0.2, 0) is 14.0 Å². The van der Waals surface area contributed by atoms with Gasteiger partial charge in [-0.1, -0.05) is 36.4 Å². The lowest BCUT2D eigenvalue weighted by Gasteiger charge is -2.19.